The van der Waals surface area contributed by atoms with E-state index in [4.69, 9.17) is 10.4 Å². The number of rotatable bonds is 4. The van der Waals surface area contributed by atoms with Crippen LogP contribution in [0.2, 0.25) is 0 Å². The van der Waals surface area contributed by atoms with Crippen molar-refractivity contribution in [1.82, 2.24) is 0 Å². The molecular formula is C12H13NO2. The highest BCUT2D eigenvalue weighted by atomic mass is 16.4. The minimum absolute atomic E-state index is 0.497. The lowest BCUT2D eigenvalue weighted by Crippen LogP contribution is -2.11. The van der Waals surface area contributed by atoms with Gasteiger partial charge >= 0.3 is 5.97 Å². The van der Waals surface area contributed by atoms with E-state index in [0.29, 0.717) is 17.5 Å². The molecule has 3 heteroatoms. The van der Waals surface area contributed by atoms with Crippen molar-refractivity contribution in [3.63, 3.8) is 0 Å². The molecule has 0 bridgehead atoms. The van der Waals surface area contributed by atoms with Gasteiger partial charge in [0.15, 0.2) is 0 Å². The highest BCUT2D eigenvalue weighted by Crippen LogP contribution is 2.22. The van der Waals surface area contributed by atoms with Gasteiger partial charge in [-0.25, -0.2) is 0 Å². The van der Waals surface area contributed by atoms with Crippen molar-refractivity contribution in [2.45, 2.75) is 25.7 Å². The van der Waals surface area contributed by atoms with Crippen LogP contribution in [0.3, 0.4) is 0 Å². The molecule has 0 saturated heterocycles. The lowest BCUT2D eigenvalue weighted by Gasteiger charge is -2.11. The maximum absolute atomic E-state index is 11.0. The lowest BCUT2D eigenvalue weighted by atomic mass is 9.93. The number of hydrogen-bond donors (Lipinski definition) is 1. The van der Waals surface area contributed by atoms with Gasteiger partial charge in [0.25, 0.3) is 0 Å². The Morgan fingerprint density at radius 3 is 2.87 bits per heavy atom. The Morgan fingerprint density at radius 1 is 1.60 bits per heavy atom. The van der Waals surface area contributed by atoms with Crippen LogP contribution in [0.5, 0.6) is 0 Å². The van der Waals surface area contributed by atoms with E-state index >= 15 is 0 Å². The number of carbonyl (C=O) groups is 1. The Kier molecular flexibility index (Phi) is 3.87. The smallest absolute Gasteiger partial charge is 0.310 e. The molecule has 0 amide bonds. The molecule has 1 aromatic carbocycles. The van der Waals surface area contributed by atoms with Crippen molar-refractivity contribution in [2.24, 2.45) is 0 Å². The summed E-state index contributed by atoms with van der Waals surface area (Å²) in [7, 11) is 0. The van der Waals surface area contributed by atoms with Crippen LogP contribution < -0.4 is 0 Å². The predicted octanol–water partition coefficient (Wildman–Crippen LogP) is 2.53. The highest BCUT2D eigenvalue weighted by Gasteiger charge is 2.18. The van der Waals surface area contributed by atoms with Gasteiger partial charge in [0.2, 0.25) is 0 Å². The third kappa shape index (κ3) is 2.81. The SMILES string of the molecule is CCCC(C(=O)O)c1cccc(C#N)c1. The average molecular weight is 203 g/mol. The van der Waals surface area contributed by atoms with E-state index in [1.54, 1.807) is 24.3 Å². The zero-order chi connectivity index (χ0) is 11.3. The van der Waals surface area contributed by atoms with Crippen molar-refractivity contribution >= 4 is 5.97 Å². The molecule has 0 radical (unpaired) electrons. The molecule has 0 fully saturated rings. The number of benzene rings is 1. The van der Waals surface area contributed by atoms with E-state index in [2.05, 4.69) is 0 Å². The Bertz CT molecular complexity index is 393. The Hall–Kier alpha value is -1.82. The van der Waals surface area contributed by atoms with Crippen molar-refractivity contribution in [2.75, 3.05) is 0 Å². The third-order valence-electron chi connectivity index (χ3n) is 2.29. The van der Waals surface area contributed by atoms with Gasteiger partial charge in [-0.05, 0) is 24.1 Å². The molecule has 0 heterocycles. The second-order valence-electron chi connectivity index (χ2n) is 3.42. The molecule has 1 rings (SSSR count). The zero-order valence-corrected chi connectivity index (χ0v) is 8.60. The van der Waals surface area contributed by atoms with Crippen LogP contribution in [0, 0.1) is 11.3 Å². The molecular weight excluding hydrogens is 190 g/mol. The maximum Gasteiger partial charge on any atom is 0.310 e. The highest BCUT2D eigenvalue weighted by molar-refractivity contribution is 5.76. The van der Waals surface area contributed by atoms with Crippen LogP contribution in [0.15, 0.2) is 24.3 Å². The third-order valence-corrected chi connectivity index (χ3v) is 2.29. The number of nitriles is 1. The van der Waals surface area contributed by atoms with Gasteiger partial charge in [-0.1, -0.05) is 25.5 Å². The van der Waals surface area contributed by atoms with Gasteiger partial charge in [-0.3, -0.25) is 4.79 Å². The average Bonchev–Trinajstić information content (AvgIpc) is 2.25. The molecule has 0 aromatic heterocycles. The van der Waals surface area contributed by atoms with E-state index in [9.17, 15) is 4.79 Å². The Morgan fingerprint density at radius 2 is 2.33 bits per heavy atom. The number of carboxylic acids is 1. The molecule has 1 N–H and O–H groups in total. The molecule has 0 aliphatic heterocycles. The fraction of sp³-hybridized carbons (Fsp3) is 0.333. The van der Waals surface area contributed by atoms with Crippen molar-refractivity contribution in [3.05, 3.63) is 35.4 Å². The summed E-state index contributed by atoms with van der Waals surface area (Å²) in [4.78, 5) is 11.0. The summed E-state index contributed by atoms with van der Waals surface area (Å²) in [6.07, 6.45) is 1.41. The van der Waals surface area contributed by atoms with Crippen LogP contribution in [0.1, 0.15) is 36.8 Å². The maximum atomic E-state index is 11.0. The van der Waals surface area contributed by atoms with Gasteiger partial charge in [0, 0.05) is 0 Å². The molecule has 78 valence electrons. The predicted molar refractivity (Wildman–Crippen MR) is 56.4 cm³/mol. The minimum Gasteiger partial charge on any atom is -0.481 e. The van der Waals surface area contributed by atoms with Crippen LogP contribution in [-0.4, -0.2) is 11.1 Å². The van der Waals surface area contributed by atoms with Crippen molar-refractivity contribution in [3.8, 4) is 6.07 Å². The quantitative estimate of drug-likeness (QED) is 0.817. The standard InChI is InChI=1S/C12H13NO2/c1-2-4-11(12(14)15)10-6-3-5-9(7-10)8-13/h3,5-7,11H,2,4H2,1H3,(H,14,15). The summed E-state index contributed by atoms with van der Waals surface area (Å²) in [5.74, 6) is -1.32. The normalized spacial score (nSPS) is 11.7. The van der Waals surface area contributed by atoms with E-state index < -0.39 is 11.9 Å². The van der Waals surface area contributed by atoms with Gasteiger partial charge in [0.1, 0.15) is 0 Å². The van der Waals surface area contributed by atoms with Crippen molar-refractivity contribution in [1.29, 1.82) is 5.26 Å². The second-order valence-corrected chi connectivity index (χ2v) is 3.42. The van der Waals surface area contributed by atoms with E-state index in [1.807, 2.05) is 13.0 Å². The van der Waals surface area contributed by atoms with Crippen molar-refractivity contribution < 1.29 is 9.90 Å². The molecule has 0 spiro atoms. The Labute approximate surface area is 89.0 Å². The second kappa shape index (κ2) is 5.16. The van der Waals surface area contributed by atoms with Crippen LogP contribution in [0.25, 0.3) is 0 Å². The molecule has 0 aliphatic carbocycles. The molecule has 1 atom stereocenters. The topological polar surface area (TPSA) is 61.1 Å². The number of hydrogen-bond acceptors (Lipinski definition) is 2. The van der Waals surface area contributed by atoms with Crippen LogP contribution in [0.4, 0.5) is 0 Å². The first-order valence-corrected chi connectivity index (χ1v) is 4.92. The summed E-state index contributed by atoms with van der Waals surface area (Å²) in [5, 5.41) is 17.8. The number of nitrogens with zero attached hydrogens (tertiary/aromatic N) is 1. The first-order valence-electron chi connectivity index (χ1n) is 4.92. The molecule has 0 aliphatic rings. The molecule has 15 heavy (non-hydrogen) atoms. The fourth-order valence-corrected chi connectivity index (χ4v) is 1.55. The summed E-state index contributed by atoms with van der Waals surface area (Å²) < 4.78 is 0. The Balaban J connectivity index is 3.01. The van der Waals surface area contributed by atoms with Gasteiger partial charge in [-0.2, -0.15) is 5.26 Å². The van der Waals surface area contributed by atoms with E-state index in [0.717, 1.165) is 6.42 Å². The molecule has 1 unspecified atom stereocenters. The van der Waals surface area contributed by atoms with Gasteiger partial charge < -0.3 is 5.11 Å². The largest absolute Gasteiger partial charge is 0.481 e. The van der Waals surface area contributed by atoms with Crippen LogP contribution in [-0.2, 0) is 4.79 Å². The first-order chi connectivity index (χ1) is 7.19. The lowest BCUT2D eigenvalue weighted by molar-refractivity contribution is -0.139. The molecule has 0 saturated carbocycles. The summed E-state index contributed by atoms with van der Waals surface area (Å²) in [6, 6.07) is 8.81. The molecule has 3 nitrogen and oxygen atoms in total. The minimum atomic E-state index is -0.827. The van der Waals surface area contributed by atoms with Crippen LogP contribution >= 0.6 is 0 Å². The van der Waals surface area contributed by atoms with E-state index in [1.165, 1.54) is 0 Å². The summed E-state index contributed by atoms with van der Waals surface area (Å²) >= 11 is 0. The number of aliphatic carboxylic acids is 1. The summed E-state index contributed by atoms with van der Waals surface area (Å²) in [6.45, 7) is 1.95. The van der Waals surface area contributed by atoms with Gasteiger partial charge in [0.05, 0.1) is 17.6 Å². The monoisotopic (exact) mass is 203 g/mol. The van der Waals surface area contributed by atoms with E-state index in [-0.39, 0.29) is 0 Å². The zero-order valence-electron chi connectivity index (χ0n) is 8.60. The molecule has 1 aromatic rings. The first kappa shape index (κ1) is 11.3. The fourth-order valence-electron chi connectivity index (χ4n) is 1.55. The number of carboxylic acid groups (broad SMARTS) is 1. The summed E-state index contributed by atoms with van der Waals surface area (Å²) in [5.41, 5.74) is 1.22. The van der Waals surface area contributed by atoms with Gasteiger partial charge in [-0.15, -0.1) is 0 Å².